The number of aliphatic hydroxyl groups is 1. The van der Waals surface area contributed by atoms with Gasteiger partial charge in [0.15, 0.2) is 5.76 Å². The van der Waals surface area contributed by atoms with E-state index in [9.17, 15) is 19.5 Å². The number of aryl methyl sites for hydroxylation is 2. The van der Waals surface area contributed by atoms with Gasteiger partial charge in [-0.3, -0.25) is 9.59 Å². The highest BCUT2D eigenvalue weighted by molar-refractivity contribution is 6.12. The molecule has 4 aromatic carbocycles. The van der Waals surface area contributed by atoms with Crippen molar-refractivity contribution in [1.29, 1.82) is 0 Å². The van der Waals surface area contributed by atoms with Gasteiger partial charge in [-0.25, -0.2) is 9.69 Å². The van der Waals surface area contributed by atoms with E-state index in [1.807, 2.05) is 122 Å². The third-order valence-electron chi connectivity index (χ3n) is 9.44. The van der Waals surface area contributed by atoms with E-state index < -0.39 is 42.0 Å². The molecule has 4 atom stereocenters. The normalized spacial score (nSPS) is 16.7. The number of hydrogen-bond acceptors (Lipinski definition) is 8. The molecule has 2 amide bonds. The van der Waals surface area contributed by atoms with Gasteiger partial charge in [-0.15, -0.1) is 0 Å². The number of Topliss-reactive ketones (excluding diaryl/α,β-unsaturated/α-hetero) is 1. The third-order valence-corrected chi connectivity index (χ3v) is 9.44. The summed E-state index contributed by atoms with van der Waals surface area (Å²) in [6.45, 7) is 4.55. The van der Waals surface area contributed by atoms with Crippen molar-refractivity contribution in [2.75, 3.05) is 19.8 Å². The Morgan fingerprint density at radius 2 is 1.55 bits per heavy atom. The summed E-state index contributed by atoms with van der Waals surface area (Å²) in [5.41, 5.74) is 5.23. The number of cyclic esters (lactones) is 1. The first kappa shape index (κ1) is 37.4. The second kappa shape index (κ2) is 17.9. The summed E-state index contributed by atoms with van der Waals surface area (Å²) in [4.78, 5) is 43.1. The summed E-state index contributed by atoms with van der Waals surface area (Å²) < 4.78 is 23.7. The molecular formula is C44H45NO8. The van der Waals surface area contributed by atoms with Crippen molar-refractivity contribution >= 4 is 17.8 Å². The fourth-order valence-corrected chi connectivity index (χ4v) is 6.61. The van der Waals surface area contributed by atoms with Crippen molar-refractivity contribution in [3.05, 3.63) is 155 Å². The number of ether oxygens (including phenoxy) is 3. The lowest BCUT2D eigenvalue weighted by molar-refractivity contribution is -0.131. The zero-order chi connectivity index (χ0) is 37.2. The van der Waals surface area contributed by atoms with E-state index in [0.29, 0.717) is 31.8 Å². The molecule has 1 aliphatic heterocycles. The van der Waals surface area contributed by atoms with E-state index in [2.05, 4.69) is 0 Å². The Bertz CT molecular complexity index is 1960. The Morgan fingerprint density at radius 1 is 0.868 bits per heavy atom. The molecule has 1 N–H and O–H groups in total. The van der Waals surface area contributed by atoms with Crippen LogP contribution < -0.4 is 0 Å². The minimum absolute atomic E-state index is 0.0428. The molecule has 5 aromatic rings. The molecule has 6 rings (SSSR count). The molecule has 0 aliphatic carbocycles. The van der Waals surface area contributed by atoms with Gasteiger partial charge in [0.25, 0.3) is 0 Å². The van der Waals surface area contributed by atoms with Gasteiger partial charge in [-0.1, -0.05) is 121 Å². The average Bonchev–Trinajstić information content (AvgIpc) is 3.75. The van der Waals surface area contributed by atoms with Crippen LogP contribution in [0.15, 0.2) is 126 Å². The Morgan fingerprint density at radius 3 is 2.23 bits per heavy atom. The molecule has 0 saturated carbocycles. The van der Waals surface area contributed by atoms with Gasteiger partial charge >= 0.3 is 6.09 Å². The standard InChI is InChI=1S/C44H45NO8/c1-30-14-12-21-35(24-30)37-26-40(52-39(37)22-13-23-50-29-36(27-46)51-28-33-17-8-4-9-18-33)41(47)38(25-32-15-6-3-7-16-32)43(48)45-31(2)42(53-44(45)49)34-19-10-5-11-20-34/h3-12,14-21,24,26,31,36,38,42,46H,13,22-23,25,27-29H2,1-2H3/t31-,36-,38-,42-/m1/s1. The molecule has 9 nitrogen and oxygen atoms in total. The van der Waals surface area contributed by atoms with Gasteiger partial charge in [0.2, 0.25) is 11.7 Å². The highest BCUT2D eigenvalue weighted by Crippen LogP contribution is 2.35. The zero-order valence-electron chi connectivity index (χ0n) is 30.1. The Balaban J connectivity index is 1.20. The van der Waals surface area contributed by atoms with Crippen LogP contribution in [-0.4, -0.2) is 59.8 Å². The number of rotatable bonds is 17. The molecule has 0 radical (unpaired) electrons. The minimum Gasteiger partial charge on any atom is -0.457 e. The summed E-state index contributed by atoms with van der Waals surface area (Å²) in [7, 11) is 0. The SMILES string of the molecule is Cc1cccc(-c2cc(C(=O)[C@@H](Cc3ccccc3)C(=O)N3C(=O)O[C@@H](c4ccccc4)[C@H]3C)oc2CCCOC[C@@H](CO)OCc2ccccc2)c1. The number of nitrogens with zero attached hydrogens (tertiary/aromatic N) is 1. The van der Waals surface area contributed by atoms with Crippen molar-refractivity contribution in [2.45, 2.75) is 58.0 Å². The van der Waals surface area contributed by atoms with E-state index in [4.69, 9.17) is 18.6 Å². The fourth-order valence-electron chi connectivity index (χ4n) is 6.61. The number of carbonyl (C=O) groups is 3. The fraction of sp³-hybridized carbons (Fsp3) is 0.295. The summed E-state index contributed by atoms with van der Waals surface area (Å²) >= 11 is 0. The number of imide groups is 1. The first-order chi connectivity index (χ1) is 25.8. The molecule has 274 valence electrons. The first-order valence-corrected chi connectivity index (χ1v) is 18.0. The van der Waals surface area contributed by atoms with Crippen LogP contribution in [0.3, 0.4) is 0 Å². The van der Waals surface area contributed by atoms with Crippen molar-refractivity contribution < 1.29 is 38.1 Å². The Labute approximate surface area is 310 Å². The van der Waals surface area contributed by atoms with E-state index in [0.717, 1.165) is 38.3 Å². The van der Waals surface area contributed by atoms with E-state index in [1.165, 1.54) is 0 Å². The molecule has 0 spiro atoms. The largest absolute Gasteiger partial charge is 0.457 e. The lowest BCUT2D eigenvalue weighted by Crippen LogP contribution is -2.44. The molecule has 9 heteroatoms. The van der Waals surface area contributed by atoms with Crippen molar-refractivity contribution in [2.24, 2.45) is 5.92 Å². The smallest absolute Gasteiger partial charge is 0.417 e. The average molecular weight is 716 g/mol. The second-order valence-electron chi connectivity index (χ2n) is 13.4. The summed E-state index contributed by atoms with van der Waals surface area (Å²) in [6, 6.07) is 37.3. The van der Waals surface area contributed by atoms with Crippen LogP contribution in [0.4, 0.5) is 4.79 Å². The summed E-state index contributed by atoms with van der Waals surface area (Å²) in [6.07, 6.45) is -0.806. The number of benzene rings is 4. The van der Waals surface area contributed by atoms with Gasteiger partial charge in [0.1, 0.15) is 23.9 Å². The van der Waals surface area contributed by atoms with Gasteiger partial charge in [0.05, 0.1) is 25.9 Å². The van der Waals surface area contributed by atoms with Crippen LogP contribution >= 0.6 is 0 Å². The van der Waals surface area contributed by atoms with E-state index in [-0.39, 0.29) is 25.4 Å². The first-order valence-electron chi connectivity index (χ1n) is 18.0. The minimum atomic E-state index is -1.24. The summed E-state index contributed by atoms with van der Waals surface area (Å²) in [5.74, 6) is -1.75. The van der Waals surface area contributed by atoms with Crippen molar-refractivity contribution in [3.63, 3.8) is 0 Å². The van der Waals surface area contributed by atoms with Crippen LogP contribution in [0.1, 0.15) is 58.0 Å². The number of carbonyl (C=O) groups excluding carboxylic acids is 3. The van der Waals surface area contributed by atoms with Crippen LogP contribution in [0, 0.1) is 12.8 Å². The maximum atomic E-state index is 14.5. The topological polar surface area (TPSA) is 116 Å². The zero-order valence-corrected chi connectivity index (χ0v) is 30.1. The van der Waals surface area contributed by atoms with Gasteiger partial charge < -0.3 is 23.7 Å². The summed E-state index contributed by atoms with van der Waals surface area (Å²) in [5, 5.41) is 9.81. The lowest BCUT2D eigenvalue weighted by Gasteiger charge is -2.23. The molecule has 1 aliphatic rings. The van der Waals surface area contributed by atoms with E-state index in [1.54, 1.807) is 13.0 Å². The van der Waals surface area contributed by atoms with Gasteiger partial charge in [-0.2, -0.15) is 0 Å². The maximum absolute atomic E-state index is 14.5. The predicted octanol–water partition coefficient (Wildman–Crippen LogP) is 7.93. The number of aliphatic hydroxyl groups excluding tert-OH is 1. The van der Waals surface area contributed by atoms with Crippen molar-refractivity contribution in [1.82, 2.24) is 4.90 Å². The van der Waals surface area contributed by atoms with Crippen LogP contribution in [-0.2, 0) is 38.5 Å². The number of amides is 2. The molecule has 0 bridgehead atoms. The predicted molar refractivity (Wildman–Crippen MR) is 200 cm³/mol. The Kier molecular flexibility index (Phi) is 12.6. The van der Waals surface area contributed by atoms with E-state index >= 15 is 0 Å². The van der Waals surface area contributed by atoms with Crippen molar-refractivity contribution in [3.8, 4) is 11.1 Å². The molecule has 1 saturated heterocycles. The molecule has 1 aromatic heterocycles. The molecule has 53 heavy (non-hydrogen) atoms. The highest BCUT2D eigenvalue weighted by Gasteiger charge is 2.47. The van der Waals surface area contributed by atoms with Crippen LogP contribution in [0.25, 0.3) is 11.1 Å². The quantitative estimate of drug-likeness (QED) is 0.0587. The third kappa shape index (κ3) is 9.37. The number of hydrogen-bond donors (Lipinski definition) is 1. The lowest BCUT2D eigenvalue weighted by atomic mass is 9.91. The van der Waals surface area contributed by atoms with Crippen LogP contribution in [0.2, 0.25) is 0 Å². The molecular weight excluding hydrogens is 670 g/mol. The maximum Gasteiger partial charge on any atom is 0.417 e. The second-order valence-corrected chi connectivity index (χ2v) is 13.4. The molecule has 2 heterocycles. The highest BCUT2D eigenvalue weighted by atomic mass is 16.6. The number of furan rings is 1. The molecule has 1 fully saturated rings. The number of ketones is 1. The Hall–Kier alpha value is -5.35. The monoisotopic (exact) mass is 715 g/mol. The van der Waals surface area contributed by atoms with Gasteiger partial charge in [-0.05, 0) is 55.0 Å². The molecule has 0 unspecified atom stereocenters. The van der Waals surface area contributed by atoms with Crippen LogP contribution in [0.5, 0.6) is 0 Å². The van der Waals surface area contributed by atoms with Gasteiger partial charge in [0, 0.05) is 18.6 Å².